The van der Waals surface area contributed by atoms with E-state index in [1.807, 2.05) is 0 Å². The summed E-state index contributed by atoms with van der Waals surface area (Å²) in [6, 6.07) is 7.14. The van der Waals surface area contributed by atoms with Crippen molar-refractivity contribution in [2.24, 2.45) is 0 Å². The zero-order valence-electron chi connectivity index (χ0n) is 5.74. The fraction of sp³-hybridized carbons (Fsp3) is 0.125. The highest BCUT2D eigenvalue weighted by Gasteiger charge is 1.85. The second-order valence-corrected chi connectivity index (χ2v) is 1.90. The van der Waals surface area contributed by atoms with Crippen molar-refractivity contribution in [2.45, 2.75) is 0 Å². The molecule has 2 heteroatoms. The second kappa shape index (κ2) is 3.01. The number of methoxy groups -OCH3 is 1. The molecule has 0 fully saturated rings. The van der Waals surface area contributed by atoms with Crippen LogP contribution in [0.3, 0.4) is 0 Å². The number of hydrogen-bond donors (Lipinski definition) is 0. The average molecular weight is 134 g/mol. The van der Waals surface area contributed by atoms with E-state index < -0.39 is 0 Å². The van der Waals surface area contributed by atoms with Gasteiger partial charge in [-0.15, -0.1) is 0 Å². The summed E-state index contributed by atoms with van der Waals surface area (Å²) in [6.07, 6.45) is 1.06. The van der Waals surface area contributed by atoms with Gasteiger partial charge in [-0.05, 0) is 17.7 Å². The first-order chi connectivity index (χ1) is 4.86. The molecule has 0 amide bonds. The van der Waals surface area contributed by atoms with Gasteiger partial charge < -0.3 is 10.1 Å². The van der Waals surface area contributed by atoms with E-state index in [2.05, 4.69) is 0 Å². The van der Waals surface area contributed by atoms with Crippen LogP contribution in [0.4, 0.5) is 0 Å². The van der Waals surface area contributed by atoms with Crippen LogP contribution in [-0.4, -0.2) is 13.3 Å². The van der Waals surface area contributed by atoms with Gasteiger partial charge in [0.2, 0.25) is 0 Å². The Hall–Kier alpha value is -1.31. The molecule has 52 valence electrons. The predicted molar refractivity (Wildman–Crippen MR) is 41.5 cm³/mol. The summed E-state index contributed by atoms with van der Waals surface area (Å²) in [5.41, 5.74) is 0.779. The van der Waals surface area contributed by atoms with Crippen molar-refractivity contribution in [3.63, 3.8) is 0 Å². The Morgan fingerprint density at radius 3 is 2.30 bits per heavy atom. The van der Waals surface area contributed by atoms with Gasteiger partial charge in [0.15, 0.2) is 0 Å². The van der Waals surface area contributed by atoms with Gasteiger partial charge in [-0.3, -0.25) is 0 Å². The summed E-state index contributed by atoms with van der Waals surface area (Å²) in [5.74, 6) is 0.797. The lowest BCUT2D eigenvalue weighted by atomic mass is 10.2. The molecule has 10 heavy (non-hydrogen) atoms. The summed E-state index contributed by atoms with van der Waals surface area (Å²) in [5, 5.41) is 8.54. The minimum atomic E-state index is 0.779. The maximum atomic E-state index is 8.54. The van der Waals surface area contributed by atoms with Gasteiger partial charge in [0.1, 0.15) is 5.75 Å². The van der Waals surface area contributed by atoms with Crippen molar-refractivity contribution in [3.05, 3.63) is 35.2 Å². The third kappa shape index (κ3) is 1.35. The molecule has 0 radical (unpaired) electrons. The molecule has 0 aliphatic rings. The van der Waals surface area contributed by atoms with E-state index in [0.29, 0.717) is 0 Å². The van der Waals surface area contributed by atoms with Crippen LogP contribution in [0.2, 0.25) is 0 Å². The quantitative estimate of drug-likeness (QED) is 0.566. The Kier molecular flexibility index (Phi) is 2.05. The fourth-order valence-corrected chi connectivity index (χ4v) is 0.690. The molecule has 0 aliphatic carbocycles. The van der Waals surface area contributed by atoms with Crippen molar-refractivity contribution < 1.29 is 4.74 Å². The van der Waals surface area contributed by atoms with Crippen LogP contribution in [-0.2, 0) is 0 Å². The smallest absolute Gasteiger partial charge is 0.118 e. The zero-order valence-corrected chi connectivity index (χ0v) is 5.74. The van der Waals surface area contributed by atoms with Crippen molar-refractivity contribution >= 4 is 6.21 Å². The topological polar surface area (TPSA) is 31.5 Å². The van der Waals surface area contributed by atoms with E-state index in [4.69, 9.17) is 10.1 Å². The Morgan fingerprint density at radius 2 is 1.90 bits per heavy atom. The Labute approximate surface area is 60.0 Å². The molecule has 0 unspecified atom stereocenters. The molecular formula is C8H8NO-. The van der Waals surface area contributed by atoms with Crippen molar-refractivity contribution in [1.29, 1.82) is 0 Å². The van der Waals surface area contributed by atoms with E-state index in [9.17, 15) is 0 Å². The molecule has 0 saturated carbocycles. The first kappa shape index (κ1) is 6.81. The van der Waals surface area contributed by atoms with Crippen LogP contribution >= 0.6 is 0 Å². The first-order valence-electron chi connectivity index (χ1n) is 2.98. The van der Waals surface area contributed by atoms with Crippen LogP contribution in [0, 0.1) is 0 Å². The van der Waals surface area contributed by atoms with Crippen molar-refractivity contribution in [3.8, 4) is 5.75 Å². The maximum Gasteiger partial charge on any atom is 0.118 e. The molecule has 0 aliphatic heterocycles. The normalized spacial score (nSPS) is 8.90. The van der Waals surface area contributed by atoms with Gasteiger partial charge in [0.25, 0.3) is 0 Å². The molecule has 1 aromatic carbocycles. The second-order valence-electron chi connectivity index (χ2n) is 1.90. The number of hydrogen-bond acceptors (Lipinski definition) is 1. The van der Waals surface area contributed by atoms with Gasteiger partial charge in [-0.25, -0.2) is 0 Å². The van der Waals surface area contributed by atoms with Crippen LogP contribution < -0.4 is 4.74 Å². The van der Waals surface area contributed by atoms with Crippen molar-refractivity contribution in [2.75, 3.05) is 7.11 Å². The molecular weight excluding hydrogens is 126 g/mol. The van der Waals surface area contributed by atoms with Crippen LogP contribution in [0.1, 0.15) is 5.56 Å². The SMILES string of the molecule is COc1ccc(C=[N-])cc1. The lowest BCUT2D eigenvalue weighted by Crippen LogP contribution is -1.82. The molecule has 0 heterocycles. The molecule has 0 bridgehead atoms. The van der Waals surface area contributed by atoms with Gasteiger partial charge in [0.05, 0.1) is 7.11 Å². The summed E-state index contributed by atoms with van der Waals surface area (Å²) < 4.78 is 4.92. The van der Waals surface area contributed by atoms with Crippen LogP contribution in [0.15, 0.2) is 24.3 Å². The van der Waals surface area contributed by atoms with E-state index in [1.165, 1.54) is 0 Å². The third-order valence-electron chi connectivity index (χ3n) is 1.26. The van der Waals surface area contributed by atoms with Crippen LogP contribution in [0.5, 0.6) is 5.75 Å². The standard InChI is InChI=1S/C8H8NO/c1-10-8-4-2-7(6-9)3-5-8/h2-6H,1H3/q-1. The van der Waals surface area contributed by atoms with E-state index in [0.717, 1.165) is 17.5 Å². The largest absolute Gasteiger partial charge is 0.810 e. The summed E-state index contributed by atoms with van der Waals surface area (Å²) in [7, 11) is 1.61. The highest BCUT2D eigenvalue weighted by molar-refractivity contribution is 5.82. The first-order valence-corrected chi connectivity index (χ1v) is 2.98. The Bertz CT molecular complexity index is 215. The molecule has 0 aromatic heterocycles. The highest BCUT2D eigenvalue weighted by Crippen LogP contribution is 2.09. The van der Waals surface area contributed by atoms with E-state index in [1.54, 1.807) is 31.4 Å². The number of benzene rings is 1. The summed E-state index contributed by atoms with van der Waals surface area (Å²) in [6.45, 7) is 0. The minimum Gasteiger partial charge on any atom is -0.810 e. The lowest BCUT2D eigenvalue weighted by molar-refractivity contribution is 0.415. The molecule has 1 rings (SSSR count). The minimum absolute atomic E-state index is 0.779. The highest BCUT2D eigenvalue weighted by atomic mass is 16.5. The maximum absolute atomic E-state index is 8.54. The molecule has 0 spiro atoms. The fourth-order valence-electron chi connectivity index (χ4n) is 0.690. The predicted octanol–water partition coefficient (Wildman–Crippen LogP) is 1.68. The molecule has 0 atom stereocenters. The number of ether oxygens (including phenoxy) is 1. The molecule has 2 nitrogen and oxygen atoms in total. The Morgan fingerprint density at radius 1 is 1.30 bits per heavy atom. The third-order valence-corrected chi connectivity index (χ3v) is 1.26. The number of nitrogens with zero attached hydrogens (tertiary/aromatic N) is 1. The molecule has 0 saturated heterocycles. The van der Waals surface area contributed by atoms with E-state index >= 15 is 0 Å². The zero-order chi connectivity index (χ0) is 7.40. The summed E-state index contributed by atoms with van der Waals surface area (Å²) >= 11 is 0. The van der Waals surface area contributed by atoms with Crippen LogP contribution in [0.25, 0.3) is 5.41 Å². The van der Waals surface area contributed by atoms with Crippen molar-refractivity contribution in [1.82, 2.24) is 0 Å². The number of rotatable bonds is 2. The molecule has 1 aromatic rings. The van der Waals surface area contributed by atoms with Gasteiger partial charge in [-0.2, -0.15) is 6.21 Å². The van der Waals surface area contributed by atoms with E-state index in [-0.39, 0.29) is 0 Å². The lowest BCUT2D eigenvalue weighted by Gasteiger charge is -1.99. The average Bonchev–Trinajstić information content (AvgIpc) is 2.05. The monoisotopic (exact) mass is 134 g/mol. The molecule has 0 N–H and O–H groups in total. The van der Waals surface area contributed by atoms with Gasteiger partial charge >= 0.3 is 0 Å². The summed E-state index contributed by atoms with van der Waals surface area (Å²) in [4.78, 5) is 0. The Balaban J connectivity index is 2.90. The van der Waals surface area contributed by atoms with Gasteiger partial charge in [-0.1, -0.05) is 12.1 Å². The van der Waals surface area contributed by atoms with Gasteiger partial charge in [0, 0.05) is 0 Å².